The number of ketones is 1. The third-order valence-electron chi connectivity index (χ3n) is 6.52. The topological polar surface area (TPSA) is 73.2 Å². The summed E-state index contributed by atoms with van der Waals surface area (Å²) < 4.78 is 13.5. The van der Waals surface area contributed by atoms with Gasteiger partial charge in [0.05, 0.1) is 29.0 Å². The molecule has 1 heterocycles. The highest BCUT2D eigenvalue weighted by Gasteiger charge is 2.40. The number of para-hydroxylation sites is 2. The highest BCUT2D eigenvalue weighted by molar-refractivity contribution is 6.06. The van der Waals surface area contributed by atoms with Crippen molar-refractivity contribution >= 4 is 23.1 Å². The third-order valence-corrected chi connectivity index (χ3v) is 6.52. The van der Waals surface area contributed by atoms with Crippen molar-refractivity contribution in [1.82, 2.24) is 0 Å². The van der Waals surface area contributed by atoms with Gasteiger partial charge >= 0.3 is 0 Å². The van der Waals surface area contributed by atoms with Crippen LogP contribution in [0.25, 0.3) is 0 Å². The van der Waals surface area contributed by atoms with Crippen LogP contribution in [0.3, 0.4) is 0 Å². The minimum atomic E-state index is -0.627. The maximum absolute atomic E-state index is 13.7. The minimum Gasteiger partial charge on any atom is -0.357 e. The zero-order valence-electron chi connectivity index (χ0n) is 18.6. The zero-order valence-corrected chi connectivity index (χ0v) is 18.6. The number of halogens is 1. The van der Waals surface area contributed by atoms with E-state index < -0.39 is 6.04 Å². The van der Waals surface area contributed by atoms with Crippen molar-refractivity contribution in [3.63, 3.8) is 0 Å². The van der Waals surface area contributed by atoms with Gasteiger partial charge in [-0.15, -0.1) is 0 Å². The van der Waals surface area contributed by atoms with Crippen molar-refractivity contribution in [3.8, 4) is 6.07 Å². The number of amides is 1. The fourth-order valence-corrected chi connectivity index (χ4v) is 4.96. The number of allylic oxidation sites excluding steroid dienone is 1. The molecular formula is C28H22FN3O2. The number of nitriles is 1. The molecule has 6 heteroatoms. The molecule has 0 fully saturated rings. The first-order chi connectivity index (χ1) is 16.5. The van der Waals surface area contributed by atoms with Crippen LogP contribution in [0.4, 0.5) is 15.8 Å². The van der Waals surface area contributed by atoms with Crippen LogP contribution in [-0.2, 0) is 9.59 Å². The van der Waals surface area contributed by atoms with Crippen molar-refractivity contribution < 1.29 is 14.0 Å². The van der Waals surface area contributed by atoms with Gasteiger partial charge in [-0.3, -0.25) is 14.5 Å². The lowest BCUT2D eigenvalue weighted by Gasteiger charge is -2.34. The van der Waals surface area contributed by atoms with Crippen molar-refractivity contribution in [2.24, 2.45) is 0 Å². The predicted octanol–water partition coefficient (Wildman–Crippen LogP) is 5.62. The fraction of sp³-hybridized carbons (Fsp3) is 0.179. The number of benzene rings is 3. The van der Waals surface area contributed by atoms with Crippen LogP contribution < -0.4 is 10.2 Å². The number of anilines is 2. The maximum Gasteiger partial charge on any atom is 0.224 e. The standard InChI is InChI=1S/C28H22FN3O2/c1-17(33)32-25-5-3-2-4-23(25)31-24-14-21(19-10-12-22(29)13-11-19)15-26(34)27(24)28(32)20-8-6-18(16-30)7-9-20/h2-13,21,28,31H,14-15H2,1H3. The quantitative estimate of drug-likeness (QED) is 0.549. The number of hydrogen-bond acceptors (Lipinski definition) is 4. The number of Topliss-reactive ketones (excluding diaryl/α,β-unsaturated/α-hetero) is 1. The minimum absolute atomic E-state index is 0.0588. The Bertz CT molecular complexity index is 1350. The number of carbonyl (C=O) groups excluding carboxylic acids is 2. The molecule has 2 atom stereocenters. The molecule has 1 aliphatic heterocycles. The Kier molecular flexibility index (Phi) is 5.46. The van der Waals surface area contributed by atoms with E-state index in [0.717, 1.165) is 22.5 Å². The molecule has 0 saturated heterocycles. The second-order valence-electron chi connectivity index (χ2n) is 8.64. The average Bonchev–Trinajstić information content (AvgIpc) is 2.99. The summed E-state index contributed by atoms with van der Waals surface area (Å²) in [6.07, 6.45) is 0.820. The molecule has 168 valence electrons. The summed E-state index contributed by atoms with van der Waals surface area (Å²) in [4.78, 5) is 28.3. The summed E-state index contributed by atoms with van der Waals surface area (Å²) in [5.74, 6) is -0.662. The smallest absolute Gasteiger partial charge is 0.224 e. The molecule has 3 aromatic rings. The second-order valence-corrected chi connectivity index (χ2v) is 8.64. The molecule has 5 nitrogen and oxygen atoms in total. The molecule has 0 saturated carbocycles. The van der Waals surface area contributed by atoms with Crippen LogP contribution in [0.5, 0.6) is 0 Å². The van der Waals surface area contributed by atoms with Gasteiger partial charge in [-0.1, -0.05) is 36.4 Å². The van der Waals surface area contributed by atoms with E-state index in [1.54, 1.807) is 41.3 Å². The molecule has 2 aliphatic rings. The number of fused-ring (bicyclic) bond motifs is 1. The van der Waals surface area contributed by atoms with Gasteiger partial charge in [-0.2, -0.15) is 5.26 Å². The Morgan fingerprint density at radius 2 is 1.68 bits per heavy atom. The molecule has 0 aromatic heterocycles. The predicted molar refractivity (Wildman–Crippen MR) is 128 cm³/mol. The Morgan fingerprint density at radius 1 is 1.00 bits per heavy atom. The Balaban J connectivity index is 1.69. The van der Waals surface area contributed by atoms with Crippen molar-refractivity contribution in [2.45, 2.75) is 31.7 Å². The molecule has 1 amide bonds. The van der Waals surface area contributed by atoms with E-state index in [1.165, 1.54) is 19.1 Å². The zero-order chi connectivity index (χ0) is 23.8. The number of hydrogen-bond donors (Lipinski definition) is 1. The van der Waals surface area contributed by atoms with Gasteiger partial charge < -0.3 is 5.32 Å². The van der Waals surface area contributed by atoms with E-state index in [0.29, 0.717) is 23.2 Å². The van der Waals surface area contributed by atoms with Crippen LogP contribution in [0.15, 0.2) is 84.1 Å². The van der Waals surface area contributed by atoms with Gasteiger partial charge in [-0.25, -0.2) is 4.39 Å². The monoisotopic (exact) mass is 451 g/mol. The maximum atomic E-state index is 13.7. The lowest BCUT2D eigenvalue weighted by Crippen LogP contribution is -2.37. The summed E-state index contributed by atoms with van der Waals surface area (Å²) in [6, 6.07) is 22.3. The first kappa shape index (κ1) is 21.6. The molecular weight excluding hydrogens is 429 g/mol. The molecule has 3 aromatic carbocycles. The second kappa shape index (κ2) is 8.60. The first-order valence-electron chi connectivity index (χ1n) is 11.1. The highest BCUT2D eigenvalue weighted by atomic mass is 19.1. The molecule has 34 heavy (non-hydrogen) atoms. The summed E-state index contributed by atoms with van der Waals surface area (Å²) in [7, 11) is 0. The van der Waals surface area contributed by atoms with E-state index in [4.69, 9.17) is 0 Å². The number of carbonyl (C=O) groups is 2. The SMILES string of the molecule is CC(=O)N1c2ccccc2NC2=C(C(=O)CC(c3ccc(F)cc3)C2)C1c1ccc(C#N)cc1. The van der Waals surface area contributed by atoms with Crippen molar-refractivity contribution in [2.75, 3.05) is 10.2 Å². The van der Waals surface area contributed by atoms with Gasteiger partial charge in [0.2, 0.25) is 5.91 Å². The van der Waals surface area contributed by atoms with Crippen LogP contribution in [0.2, 0.25) is 0 Å². The van der Waals surface area contributed by atoms with Crippen molar-refractivity contribution in [3.05, 3.63) is 107 Å². The van der Waals surface area contributed by atoms with Gasteiger partial charge in [0, 0.05) is 24.6 Å². The van der Waals surface area contributed by atoms with Gasteiger partial charge in [0.25, 0.3) is 0 Å². The molecule has 5 rings (SSSR count). The molecule has 0 bridgehead atoms. The lowest BCUT2D eigenvalue weighted by molar-refractivity contribution is -0.117. The summed E-state index contributed by atoms with van der Waals surface area (Å²) in [5, 5.41) is 12.7. The van der Waals surface area contributed by atoms with E-state index in [9.17, 15) is 19.2 Å². The van der Waals surface area contributed by atoms with Crippen LogP contribution in [-0.4, -0.2) is 11.7 Å². The fourth-order valence-electron chi connectivity index (χ4n) is 4.96. The number of nitrogens with one attached hydrogen (secondary N) is 1. The Morgan fingerprint density at radius 3 is 2.35 bits per heavy atom. The van der Waals surface area contributed by atoms with E-state index in [-0.39, 0.29) is 29.8 Å². The van der Waals surface area contributed by atoms with E-state index in [2.05, 4.69) is 11.4 Å². The molecule has 1 aliphatic carbocycles. The van der Waals surface area contributed by atoms with E-state index in [1.807, 2.05) is 24.3 Å². The molecule has 2 unspecified atom stereocenters. The van der Waals surface area contributed by atoms with Gasteiger partial charge in [0.1, 0.15) is 5.82 Å². The van der Waals surface area contributed by atoms with Crippen molar-refractivity contribution in [1.29, 1.82) is 5.26 Å². The number of rotatable bonds is 2. The number of nitrogens with zero attached hydrogens (tertiary/aromatic N) is 2. The Hall–Kier alpha value is -4.24. The average molecular weight is 452 g/mol. The Labute approximate surface area is 197 Å². The highest BCUT2D eigenvalue weighted by Crippen LogP contribution is 2.47. The normalized spacial score (nSPS) is 19.4. The first-order valence-corrected chi connectivity index (χ1v) is 11.1. The summed E-state index contributed by atoms with van der Waals surface area (Å²) >= 11 is 0. The van der Waals surface area contributed by atoms with Crippen LogP contribution in [0, 0.1) is 17.1 Å². The van der Waals surface area contributed by atoms with Crippen LogP contribution >= 0.6 is 0 Å². The molecule has 1 N–H and O–H groups in total. The molecule has 0 radical (unpaired) electrons. The summed E-state index contributed by atoms with van der Waals surface area (Å²) in [5.41, 5.74) is 4.91. The lowest BCUT2D eigenvalue weighted by atomic mass is 9.78. The van der Waals surface area contributed by atoms with Gasteiger partial charge in [0.15, 0.2) is 5.78 Å². The summed E-state index contributed by atoms with van der Waals surface area (Å²) in [6.45, 7) is 1.49. The third kappa shape index (κ3) is 3.75. The largest absolute Gasteiger partial charge is 0.357 e. The van der Waals surface area contributed by atoms with E-state index >= 15 is 0 Å². The van der Waals surface area contributed by atoms with Crippen LogP contribution in [0.1, 0.15) is 48.4 Å². The molecule has 0 spiro atoms. The van der Waals surface area contributed by atoms with Gasteiger partial charge in [-0.05, 0) is 59.9 Å².